The summed E-state index contributed by atoms with van der Waals surface area (Å²) in [4.78, 5) is 22.4. The molecular weight excluding hydrogens is 206 g/mol. The Morgan fingerprint density at radius 3 is 2.38 bits per heavy atom. The molecule has 0 saturated heterocycles. The number of carboxylic acid groups (broad SMARTS) is 1. The van der Waals surface area contributed by atoms with E-state index in [1.807, 2.05) is 6.92 Å². The van der Waals surface area contributed by atoms with Crippen molar-refractivity contribution < 1.29 is 14.7 Å². The molecule has 0 bridgehead atoms. The van der Waals surface area contributed by atoms with Crippen molar-refractivity contribution in [3.05, 3.63) is 0 Å². The van der Waals surface area contributed by atoms with E-state index in [0.29, 0.717) is 0 Å². The van der Waals surface area contributed by atoms with E-state index in [1.165, 1.54) is 0 Å². The van der Waals surface area contributed by atoms with E-state index < -0.39 is 11.4 Å². The molecule has 0 rings (SSSR count). The van der Waals surface area contributed by atoms with Gasteiger partial charge in [-0.1, -0.05) is 19.8 Å². The Morgan fingerprint density at radius 1 is 1.38 bits per heavy atom. The van der Waals surface area contributed by atoms with Gasteiger partial charge in [0.2, 0.25) is 5.91 Å². The van der Waals surface area contributed by atoms with Crippen LogP contribution < -0.4 is 5.32 Å². The minimum atomic E-state index is -0.992. The minimum absolute atomic E-state index is 0.0266. The van der Waals surface area contributed by atoms with Crippen molar-refractivity contribution >= 4 is 11.9 Å². The molecule has 0 saturated carbocycles. The van der Waals surface area contributed by atoms with Gasteiger partial charge in [0, 0.05) is 12.5 Å². The van der Waals surface area contributed by atoms with E-state index in [2.05, 4.69) is 12.2 Å². The first kappa shape index (κ1) is 14.9. The van der Waals surface area contributed by atoms with Crippen molar-refractivity contribution in [2.45, 2.75) is 59.4 Å². The fourth-order valence-corrected chi connectivity index (χ4v) is 1.39. The van der Waals surface area contributed by atoms with E-state index in [-0.39, 0.29) is 18.4 Å². The van der Waals surface area contributed by atoms with Crippen LogP contribution in [0.2, 0.25) is 0 Å². The summed E-state index contributed by atoms with van der Waals surface area (Å²) in [5.74, 6) is -1.13. The highest BCUT2D eigenvalue weighted by molar-refractivity contribution is 5.84. The Labute approximate surface area is 97.4 Å². The van der Waals surface area contributed by atoms with Crippen LogP contribution >= 0.6 is 0 Å². The maximum absolute atomic E-state index is 11.6. The van der Waals surface area contributed by atoms with Crippen LogP contribution in [0.3, 0.4) is 0 Å². The molecule has 4 heteroatoms. The van der Waals surface area contributed by atoms with Crippen molar-refractivity contribution in [3.63, 3.8) is 0 Å². The molecule has 0 heterocycles. The molecule has 0 aromatic rings. The number of carbonyl (C=O) groups is 2. The van der Waals surface area contributed by atoms with Crippen LogP contribution in [0, 0.1) is 5.41 Å². The van der Waals surface area contributed by atoms with Gasteiger partial charge in [-0.15, -0.1) is 0 Å². The van der Waals surface area contributed by atoms with Crippen molar-refractivity contribution in [1.82, 2.24) is 5.32 Å². The van der Waals surface area contributed by atoms with Gasteiger partial charge in [0.25, 0.3) is 0 Å². The lowest BCUT2D eigenvalue weighted by atomic mass is 9.89. The molecule has 2 N–H and O–H groups in total. The van der Waals surface area contributed by atoms with Gasteiger partial charge in [-0.05, 0) is 27.2 Å². The van der Waals surface area contributed by atoms with E-state index in [4.69, 9.17) is 5.11 Å². The van der Waals surface area contributed by atoms with Gasteiger partial charge in [0.1, 0.15) is 0 Å². The quantitative estimate of drug-likeness (QED) is 0.703. The number of amides is 1. The third-order valence-electron chi connectivity index (χ3n) is 2.58. The average Bonchev–Trinajstić information content (AvgIpc) is 2.13. The van der Waals surface area contributed by atoms with Crippen LogP contribution in [-0.4, -0.2) is 23.0 Å². The Morgan fingerprint density at radius 2 is 1.94 bits per heavy atom. The Bertz CT molecular complexity index is 249. The van der Waals surface area contributed by atoms with Gasteiger partial charge < -0.3 is 10.4 Å². The molecule has 94 valence electrons. The Balaban J connectivity index is 4.03. The fraction of sp³-hybridized carbons (Fsp3) is 0.833. The van der Waals surface area contributed by atoms with Crippen molar-refractivity contribution in [2.75, 3.05) is 0 Å². The van der Waals surface area contributed by atoms with Gasteiger partial charge in [0.05, 0.1) is 5.41 Å². The number of carboxylic acids is 1. The lowest BCUT2D eigenvalue weighted by Crippen LogP contribution is -2.37. The molecule has 0 aromatic carbocycles. The van der Waals surface area contributed by atoms with E-state index in [1.54, 1.807) is 13.8 Å². The molecular formula is C12H23NO3. The van der Waals surface area contributed by atoms with Gasteiger partial charge in [-0.2, -0.15) is 0 Å². The number of aliphatic carboxylic acids is 1. The maximum Gasteiger partial charge on any atom is 0.309 e. The van der Waals surface area contributed by atoms with Crippen molar-refractivity contribution in [2.24, 2.45) is 5.41 Å². The highest BCUT2D eigenvalue weighted by Crippen LogP contribution is 2.20. The van der Waals surface area contributed by atoms with Crippen LogP contribution in [0.1, 0.15) is 53.4 Å². The van der Waals surface area contributed by atoms with Crippen LogP contribution in [0.25, 0.3) is 0 Å². The van der Waals surface area contributed by atoms with Gasteiger partial charge in [-0.3, -0.25) is 9.59 Å². The van der Waals surface area contributed by atoms with E-state index in [0.717, 1.165) is 19.3 Å². The number of hydrogen-bond acceptors (Lipinski definition) is 2. The molecule has 16 heavy (non-hydrogen) atoms. The molecule has 0 aromatic heterocycles. The molecule has 1 atom stereocenters. The molecule has 4 nitrogen and oxygen atoms in total. The minimum Gasteiger partial charge on any atom is -0.481 e. The Kier molecular flexibility index (Phi) is 6.08. The summed E-state index contributed by atoms with van der Waals surface area (Å²) >= 11 is 0. The summed E-state index contributed by atoms with van der Waals surface area (Å²) in [6, 6.07) is 0.122. The molecule has 0 fully saturated rings. The summed E-state index contributed by atoms with van der Waals surface area (Å²) < 4.78 is 0. The highest BCUT2D eigenvalue weighted by atomic mass is 16.4. The predicted molar refractivity (Wildman–Crippen MR) is 63.2 cm³/mol. The molecule has 0 aliphatic rings. The van der Waals surface area contributed by atoms with Crippen LogP contribution in [0.15, 0.2) is 0 Å². The molecule has 1 amide bonds. The Hall–Kier alpha value is -1.06. The maximum atomic E-state index is 11.6. The van der Waals surface area contributed by atoms with Crippen molar-refractivity contribution in [1.29, 1.82) is 0 Å². The third-order valence-corrected chi connectivity index (χ3v) is 2.58. The van der Waals surface area contributed by atoms with Crippen LogP contribution in [-0.2, 0) is 9.59 Å². The average molecular weight is 229 g/mol. The zero-order valence-electron chi connectivity index (χ0n) is 10.7. The molecule has 0 aliphatic carbocycles. The molecule has 0 spiro atoms. The summed E-state index contributed by atoms with van der Waals surface area (Å²) in [6.45, 7) is 7.17. The summed E-state index contributed by atoms with van der Waals surface area (Å²) in [5.41, 5.74) is -0.992. The number of hydrogen-bond donors (Lipinski definition) is 2. The first-order valence-corrected chi connectivity index (χ1v) is 5.82. The zero-order chi connectivity index (χ0) is 12.8. The van der Waals surface area contributed by atoms with Gasteiger partial charge in [-0.25, -0.2) is 0 Å². The van der Waals surface area contributed by atoms with Crippen LogP contribution in [0.4, 0.5) is 0 Å². The fourth-order valence-electron chi connectivity index (χ4n) is 1.39. The second-order valence-electron chi connectivity index (χ2n) is 4.98. The second kappa shape index (κ2) is 6.51. The standard InChI is InChI=1S/C12H23NO3/c1-5-6-7-9(2)13-10(14)8-12(3,4)11(15)16/h9H,5-8H2,1-4H3,(H,13,14)(H,15,16). The summed E-state index contributed by atoms with van der Waals surface area (Å²) in [5, 5.41) is 11.7. The first-order valence-electron chi connectivity index (χ1n) is 5.82. The second-order valence-corrected chi connectivity index (χ2v) is 4.98. The van der Waals surface area contributed by atoms with Gasteiger partial charge >= 0.3 is 5.97 Å². The highest BCUT2D eigenvalue weighted by Gasteiger charge is 2.30. The predicted octanol–water partition coefficient (Wildman–Crippen LogP) is 2.18. The topological polar surface area (TPSA) is 66.4 Å². The van der Waals surface area contributed by atoms with E-state index >= 15 is 0 Å². The van der Waals surface area contributed by atoms with Gasteiger partial charge in [0.15, 0.2) is 0 Å². The first-order chi connectivity index (χ1) is 7.29. The molecule has 0 radical (unpaired) electrons. The largest absolute Gasteiger partial charge is 0.481 e. The van der Waals surface area contributed by atoms with Crippen molar-refractivity contribution in [3.8, 4) is 0 Å². The smallest absolute Gasteiger partial charge is 0.309 e. The lowest BCUT2D eigenvalue weighted by Gasteiger charge is -2.20. The third kappa shape index (κ3) is 5.73. The van der Waals surface area contributed by atoms with Crippen LogP contribution in [0.5, 0.6) is 0 Å². The molecule has 0 aliphatic heterocycles. The SMILES string of the molecule is CCCCC(C)NC(=O)CC(C)(C)C(=O)O. The van der Waals surface area contributed by atoms with E-state index in [9.17, 15) is 9.59 Å². The summed E-state index contributed by atoms with van der Waals surface area (Å²) in [7, 11) is 0. The zero-order valence-corrected chi connectivity index (χ0v) is 10.7. The summed E-state index contributed by atoms with van der Waals surface area (Å²) in [6.07, 6.45) is 3.14. The number of carbonyl (C=O) groups excluding carboxylic acids is 1. The monoisotopic (exact) mass is 229 g/mol. The molecule has 1 unspecified atom stereocenters. The number of rotatable bonds is 7. The number of unbranched alkanes of at least 4 members (excludes halogenated alkanes) is 1. The number of nitrogens with one attached hydrogen (secondary N) is 1. The lowest BCUT2D eigenvalue weighted by molar-refractivity contribution is -0.149. The normalized spacial score (nSPS) is 13.2.